The highest BCUT2D eigenvalue weighted by Gasteiger charge is 2.12. The zero-order valence-corrected chi connectivity index (χ0v) is 11.4. The van der Waals surface area contributed by atoms with E-state index in [1.54, 1.807) is 18.2 Å². The number of hydrogen-bond donors (Lipinski definition) is 2. The van der Waals surface area contributed by atoms with Crippen molar-refractivity contribution < 1.29 is 9.18 Å². The van der Waals surface area contributed by atoms with Crippen LogP contribution < -0.4 is 10.6 Å². The Morgan fingerprint density at radius 2 is 2.24 bits per heavy atom. The molecule has 0 bridgehead atoms. The van der Waals surface area contributed by atoms with Gasteiger partial charge in [0.05, 0.1) is 5.69 Å². The van der Waals surface area contributed by atoms with Crippen molar-refractivity contribution in [2.24, 2.45) is 0 Å². The fourth-order valence-corrected chi connectivity index (χ4v) is 1.79. The van der Waals surface area contributed by atoms with E-state index in [0.29, 0.717) is 17.9 Å². The van der Waals surface area contributed by atoms with E-state index in [2.05, 4.69) is 15.6 Å². The Morgan fingerprint density at radius 1 is 1.43 bits per heavy atom. The van der Waals surface area contributed by atoms with Crippen molar-refractivity contribution in [3.63, 3.8) is 0 Å². The summed E-state index contributed by atoms with van der Waals surface area (Å²) < 4.78 is 13.5. The number of anilines is 2. The first-order chi connectivity index (χ1) is 10.2. The third-order valence-corrected chi connectivity index (χ3v) is 2.75. The molecule has 0 fully saturated rings. The average molecular weight is 284 g/mol. The van der Waals surface area contributed by atoms with Gasteiger partial charge >= 0.3 is 0 Å². The summed E-state index contributed by atoms with van der Waals surface area (Å²) in [7, 11) is 0. The van der Waals surface area contributed by atoms with E-state index in [9.17, 15) is 9.18 Å². The lowest BCUT2D eigenvalue weighted by atomic mass is 10.1. The highest BCUT2D eigenvalue weighted by atomic mass is 19.1. The number of rotatable bonds is 4. The molecule has 0 radical (unpaired) electrons. The molecule has 1 amide bonds. The zero-order chi connectivity index (χ0) is 15.2. The van der Waals surface area contributed by atoms with Crippen molar-refractivity contribution in [2.75, 3.05) is 17.2 Å². The summed E-state index contributed by atoms with van der Waals surface area (Å²) in [4.78, 5) is 16.2. The summed E-state index contributed by atoms with van der Waals surface area (Å²) in [6.07, 6.45) is 1.50. The second-order valence-corrected chi connectivity index (χ2v) is 4.19. The van der Waals surface area contributed by atoms with E-state index in [1.807, 2.05) is 6.92 Å². The molecule has 21 heavy (non-hydrogen) atoms. The number of nitrogens with zero attached hydrogens (tertiary/aromatic N) is 2. The molecular weight excluding hydrogens is 271 g/mol. The van der Waals surface area contributed by atoms with Gasteiger partial charge in [0.2, 0.25) is 0 Å². The molecule has 1 heterocycles. The molecule has 0 aliphatic heterocycles. The normalized spacial score (nSPS) is 9.76. The molecule has 0 saturated carbocycles. The van der Waals surface area contributed by atoms with Crippen LogP contribution in [0.15, 0.2) is 36.5 Å². The number of hydrogen-bond acceptors (Lipinski definition) is 4. The number of pyridine rings is 1. The van der Waals surface area contributed by atoms with Crippen LogP contribution in [-0.2, 0) is 0 Å². The smallest absolute Gasteiger partial charge is 0.255 e. The molecule has 5 nitrogen and oxygen atoms in total. The van der Waals surface area contributed by atoms with Gasteiger partial charge in [-0.3, -0.25) is 4.79 Å². The lowest BCUT2D eigenvalue weighted by molar-refractivity contribution is 0.102. The van der Waals surface area contributed by atoms with E-state index in [-0.39, 0.29) is 11.3 Å². The van der Waals surface area contributed by atoms with Gasteiger partial charge < -0.3 is 10.6 Å². The second kappa shape index (κ2) is 6.48. The van der Waals surface area contributed by atoms with Crippen LogP contribution >= 0.6 is 0 Å². The molecule has 2 aromatic rings. The van der Waals surface area contributed by atoms with Crippen molar-refractivity contribution in [1.29, 1.82) is 5.26 Å². The fourth-order valence-electron chi connectivity index (χ4n) is 1.79. The van der Waals surface area contributed by atoms with Crippen LogP contribution in [0.3, 0.4) is 0 Å². The van der Waals surface area contributed by atoms with Gasteiger partial charge in [0, 0.05) is 18.3 Å². The summed E-state index contributed by atoms with van der Waals surface area (Å²) in [6.45, 7) is 2.60. The number of benzene rings is 1. The van der Waals surface area contributed by atoms with E-state index in [4.69, 9.17) is 5.26 Å². The van der Waals surface area contributed by atoms with Gasteiger partial charge in [-0.1, -0.05) is 6.07 Å². The fraction of sp³-hybridized carbons (Fsp3) is 0.133. The largest absolute Gasteiger partial charge is 0.370 e. The number of aromatic nitrogens is 1. The van der Waals surface area contributed by atoms with Gasteiger partial charge in [-0.2, -0.15) is 5.26 Å². The predicted octanol–water partition coefficient (Wildman–Crippen LogP) is 2.78. The Morgan fingerprint density at radius 3 is 2.95 bits per heavy atom. The van der Waals surface area contributed by atoms with Crippen LogP contribution in [0.2, 0.25) is 0 Å². The van der Waals surface area contributed by atoms with E-state index in [1.165, 1.54) is 24.4 Å². The molecule has 106 valence electrons. The molecule has 0 aliphatic rings. The van der Waals surface area contributed by atoms with Crippen LogP contribution in [0.1, 0.15) is 22.8 Å². The van der Waals surface area contributed by atoms with E-state index >= 15 is 0 Å². The number of carbonyl (C=O) groups excluding carboxylic acids is 1. The summed E-state index contributed by atoms with van der Waals surface area (Å²) in [6, 6.07) is 8.95. The molecular formula is C15H13FN4O. The topological polar surface area (TPSA) is 77.8 Å². The van der Waals surface area contributed by atoms with Crippen molar-refractivity contribution in [1.82, 2.24) is 4.98 Å². The van der Waals surface area contributed by atoms with Gasteiger partial charge in [0.25, 0.3) is 5.91 Å². The Kier molecular flexibility index (Phi) is 4.46. The third kappa shape index (κ3) is 3.34. The second-order valence-electron chi connectivity index (χ2n) is 4.19. The molecule has 2 rings (SSSR count). The van der Waals surface area contributed by atoms with Crippen molar-refractivity contribution >= 4 is 17.4 Å². The summed E-state index contributed by atoms with van der Waals surface area (Å²) in [5.74, 6) is -0.526. The SMILES string of the molecule is CCNc1cc(C(=O)Nc2cccc(F)c2C#N)ccn1. The van der Waals surface area contributed by atoms with E-state index in [0.717, 1.165) is 0 Å². The van der Waals surface area contributed by atoms with E-state index < -0.39 is 11.7 Å². The number of nitrogens with one attached hydrogen (secondary N) is 2. The maximum absolute atomic E-state index is 13.5. The quantitative estimate of drug-likeness (QED) is 0.905. The minimum atomic E-state index is -0.668. The maximum Gasteiger partial charge on any atom is 0.255 e. The summed E-state index contributed by atoms with van der Waals surface area (Å²) >= 11 is 0. The number of halogens is 1. The van der Waals surface area contributed by atoms with Crippen molar-refractivity contribution in [2.45, 2.75) is 6.92 Å². The number of carbonyl (C=O) groups is 1. The standard InChI is InChI=1S/C15H13FN4O/c1-2-18-14-8-10(6-7-19-14)15(21)20-13-5-3-4-12(16)11(13)9-17/h3-8H,2H2,1H3,(H,18,19)(H,20,21). The molecule has 6 heteroatoms. The molecule has 1 aromatic heterocycles. The van der Waals surface area contributed by atoms with Crippen LogP contribution in [0.4, 0.5) is 15.9 Å². The molecule has 0 saturated heterocycles. The highest BCUT2D eigenvalue weighted by molar-refractivity contribution is 6.05. The van der Waals surface area contributed by atoms with Crippen LogP contribution in [0.25, 0.3) is 0 Å². The molecule has 1 aromatic carbocycles. The third-order valence-electron chi connectivity index (χ3n) is 2.75. The first-order valence-corrected chi connectivity index (χ1v) is 6.35. The van der Waals surface area contributed by atoms with Crippen molar-refractivity contribution in [3.05, 3.63) is 53.5 Å². The van der Waals surface area contributed by atoms with Gasteiger partial charge in [-0.15, -0.1) is 0 Å². The Labute approximate surface area is 121 Å². The maximum atomic E-state index is 13.5. The van der Waals surface area contributed by atoms with Gasteiger partial charge in [-0.25, -0.2) is 9.37 Å². The minimum absolute atomic E-state index is 0.143. The molecule has 0 atom stereocenters. The molecule has 0 unspecified atom stereocenters. The molecule has 2 N–H and O–H groups in total. The Bertz CT molecular complexity index is 709. The first-order valence-electron chi connectivity index (χ1n) is 6.35. The lowest BCUT2D eigenvalue weighted by Gasteiger charge is -2.08. The monoisotopic (exact) mass is 284 g/mol. The summed E-state index contributed by atoms with van der Waals surface area (Å²) in [5, 5.41) is 14.5. The zero-order valence-electron chi connectivity index (χ0n) is 11.4. The van der Waals surface area contributed by atoms with Crippen LogP contribution in [-0.4, -0.2) is 17.4 Å². The van der Waals surface area contributed by atoms with Gasteiger partial charge in [-0.05, 0) is 31.2 Å². The first kappa shape index (κ1) is 14.5. The Balaban J connectivity index is 2.25. The van der Waals surface area contributed by atoms with Gasteiger partial charge in [0.15, 0.2) is 0 Å². The average Bonchev–Trinajstić information content (AvgIpc) is 2.48. The predicted molar refractivity (Wildman–Crippen MR) is 77.5 cm³/mol. The van der Waals surface area contributed by atoms with Gasteiger partial charge in [0.1, 0.15) is 23.3 Å². The Hall–Kier alpha value is -2.94. The lowest BCUT2D eigenvalue weighted by Crippen LogP contribution is -2.14. The highest BCUT2D eigenvalue weighted by Crippen LogP contribution is 2.19. The summed E-state index contributed by atoms with van der Waals surface area (Å²) in [5.41, 5.74) is 0.324. The minimum Gasteiger partial charge on any atom is -0.370 e. The van der Waals surface area contributed by atoms with Crippen molar-refractivity contribution in [3.8, 4) is 6.07 Å². The number of nitriles is 1. The molecule has 0 aliphatic carbocycles. The van der Waals surface area contributed by atoms with Crippen LogP contribution in [0.5, 0.6) is 0 Å². The van der Waals surface area contributed by atoms with Crippen LogP contribution in [0, 0.1) is 17.1 Å². The number of amides is 1. The molecule has 0 spiro atoms.